The summed E-state index contributed by atoms with van der Waals surface area (Å²) in [6, 6.07) is 2.86. The summed E-state index contributed by atoms with van der Waals surface area (Å²) in [5.41, 5.74) is -1.05. The molecule has 1 saturated heterocycles. The fourth-order valence-electron chi connectivity index (χ4n) is 2.09. The minimum absolute atomic E-state index is 0.205. The largest absolute Gasteiger partial charge is 0.385 e. The van der Waals surface area contributed by atoms with Crippen LogP contribution < -0.4 is 0 Å². The highest BCUT2D eigenvalue weighted by atomic mass is 16.3. The first-order valence-electron chi connectivity index (χ1n) is 4.95. The highest BCUT2D eigenvalue weighted by Crippen LogP contribution is 2.41. The van der Waals surface area contributed by atoms with Crippen molar-refractivity contribution in [3.8, 4) is 12.5 Å². The average Bonchev–Trinajstić information content (AvgIpc) is 2.11. The number of hydrogen-bond acceptors (Lipinski definition) is 2. The molecule has 1 heterocycles. The number of hydrogen-bond donors (Lipinski definition) is 1. The topological polar surface area (TPSA) is 23.5 Å². The highest BCUT2D eigenvalue weighted by Gasteiger charge is 2.47. The van der Waals surface area contributed by atoms with E-state index < -0.39 is 5.60 Å². The summed E-state index contributed by atoms with van der Waals surface area (Å²) in [5, 5.41) is 10.4. The Hall–Kier alpha value is -0.940. The van der Waals surface area contributed by atoms with Crippen LogP contribution in [0.3, 0.4) is 0 Å². The maximum atomic E-state index is 10.4. The lowest BCUT2D eigenvalue weighted by molar-refractivity contribution is -0.0873. The summed E-state index contributed by atoms with van der Waals surface area (Å²) >= 11 is 0. The monoisotopic (exact) mass is 193 g/mol. The number of piperidine rings is 1. The summed E-state index contributed by atoms with van der Waals surface area (Å²) in [5.74, 6) is 0. The molecule has 0 saturated carbocycles. The molecule has 1 aliphatic heterocycles. The molecule has 0 aromatic rings. The number of terminal acetylenes is 1. The van der Waals surface area contributed by atoms with Crippen LogP contribution in [0.2, 0.25) is 0 Å². The van der Waals surface area contributed by atoms with Gasteiger partial charge in [-0.15, -0.1) is 6.58 Å². The minimum Gasteiger partial charge on any atom is -0.385 e. The summed E-state index contributed by atoms with van der Waals surface area (Å²) in [4.78, 5) is 1.94. The van der Waals surface area contributed by atoms with E-state index in [2.05, 4.69) is 12.6 Å². The standard InChI is InChI=1S/C12H19NO/c1-6-12(14)8-10(3)13(7-2)9-11(12,4)5/h2,6,10,14H,1,8-9H2,3-5H3. The molecule has 2 unspecified atom stereocenters. The molecule has 0 amide bonds. The zero-order valence-corrected chi connectivity index (χ0v) is 9.25. The molecule has 0 aromatic heterocycles. The normalized spacial score (nSPS) is 36.2. The molecule has 2 heteroatoms. The predicted octanol–water partition coefficient (Wildman–Crippen LogP) is 1.61. The second kappa shape index (κ2) is 3.33. The van der Waals surface area contributed by atoms with Crippen molar-refractivity contribution >= 4 is 0 Å². The van der Waals surface area contributed by atoms with Crippen LogP contribution >= 0.6 is 0 Å². The molecule has 2 nitrogen and oxygen atoms in total. The summed E-state index contributed by atoms with van der Waals surface area (Å²) < 4.78 is 0. The van der Waals surface area contributed by atoms with Gasteiger partial charge in [0.25, 0.3) is 0 Å². The maximum absolute atomic E-state index is 10.4. The van der Waals surface area contributed by atoms with Gasteiger partial charge in [0, 0.05) is 30.5 Å². The van der Waals surface area contributed by atoms with Crippen molar-refractivity contribution in [1.29, 1.82) is 0 Å². The van der Waals surface area contributed by atoms with Crippen LogP contribution in [0.5, 0.6) is 0 Å². The van der Waals surface area contributed by atoms with Crippen molar-refractivity contribution in [3.63, 3.8) is 0 Å². The van der Waals surface area contributed by atoms with Gasteiger partial charge >= 0.3 is 0 Å². The van der Waals surface area contributed by atoms with Crippen LogP contribution in [0, 0.1) is 17.9 Å². The lowest BCUT2D eigenvalue weighted by atomic mass is 9.68. The quantitative estimate of drug-likeness (QED) is 0.505. The fourth-order valence-corrected chi connectivity index (χ4v) is 2.09. The second-order valence-electron chi connectivity index (χ2n) is 4.82. The van der Waals surface area contributed by atoms with E-state index in [1.54, 1.807) is 6.08 Å². The molecule has 1 fully saturated rings. The zero-order valence-electron chi connectivity index (χ0n) is 9.25. The molecule has 1 rings (SSSR count). The molecular formula is C12H19NO. The first-order valence-corrected chi connectivity index (χ1v) is 4.95. The van der Waals surface area contributed by atoms with Gasteiger partial charge < -0.3 is 10.0 Å². The van der Waals surface area contributed by atoms with E-state index in [-0.39, 0.29) is 11.5 Å². The van der Waals surface area contributed by atoms with Crippen molar-refractivity contribution in [3.05, 3.63) is 12.7 Å². The highest BCUT2D eigenvalue weighted by molar-refractivity contribution is 5.13. The first kappa shape index (κ1) is 11.1. The minimum atomic E-state index is -0.806. The van der Waals surface area contributed by atoms with Gasteiger partial charge in [-0.2, -0.15) is 0 Å². The third-order valence-corrected chi connectivity index (χ3v) is 3.38. The van der Waals surface area contributed by atoms with E-state index in [0.717, 1.165) is 0 Å². The lowest BCUT2D eigenvalue weighted by Crippen LogP contribution is -2.58. The van der Waals surface area contributed by atoms with Gasteiger partial charge in [0.05, 0.1) is 5.60 Å². The fraction of sp³-hybridized carbons (Fsp3) is 0.667. The van der Waals surface area contributed by atoms with Crippen molar-refractivity contribution in [2.75, 3.05) is 6.54 Å². The van der Waals surface area contributed by atoms with Crippen LogP contribution in [-0.2, 0) is 0 Å². The Kier molecular flexibility index (Phi) is 2.65. The zero-order chi connectivity index (χ0) is 11.0. The molecule has 1 N–H and O–H groups in total. The Balaban J connectivity index is 2.97. The Morgan fingerprint density at radius 2 is 2.21 bits per heavy atom. The number of rotatable bonds is 1. The smallest absolute Gasteiger partial charge is 0.0912 e. The average molecular weight is 193 g/mol. The SMILES string of the molecule is C#CN1CC(C)(C)C(O)(C=C)CC1C. The van der Waals surface area contributed by atoms with Gasteiger partial charge in [-0.1, -0.05) is 26.3 Å². The molecular weight excluding hydrogens is 174 g/mol. The Morgan fingerprint density at radius 3 is 2.64 bits per heavy atom. The van der Waals surface area contributed by atoms with Crippen LogP contribution in [0.1, 0.15) is 27.2 Å². The van der Waals surface area contributed by atoms with E-state index >= 15 is 0 Å². The number of nitrogens with zero attached hydrogens (tertiary/aromatic N) is 1. The van der Waals surface area contributed by atoms with E-state index in [1.165, 1.54) is 0 Å². The van der Waals surface area contributed by atoms with Crippen molar-refractivity contribution < 1.29 is 5.11 Å². The molecule has 0 radical (unpaired) electrons. The van der Waals surface area contributed by atoms with Crippen molar-refractivity contribution in [1.82, 2.24) is 4.90 Å². The molecule has 0 bridgehead atoms. The molecule has 78 valence electrons. The molecule has 2 atom stereocenters. The molecule has 0 aromatic carbocycles. The van der Waals surface area contributed by atoms with Gasteiger partial charge in [-0.05, 0) is 6.92 Å². The van der Waals surface area contributed by atoms with Crippen LogP contribution in [0.15, 0.2) is 12.7 Å². The predicted molar refractivity (Wildman–Crippen MR) is 58.5 cm³/mol. The Morgan fingerprint density at radius 1 is 1.64 bits per heavy atom. The Labute approximate surface area is 86.6 Å². The van der Waals surface area contributed by atoms with Crippen LogP contribution in [0.4, 0.5) is 0 Å². The van der Waals surface area contributed by atoms with Crippen LogP contribution in [0.25, 0.3) is 0 Å². The van der Waals surface area contributed by atoms with Gasteiger partial charge in [0.2, 0.25) is 0 Å². The van der Waals surface area contributed by atoms with Crippen molar-refractivity contribution in [2.45, 2.75) is 38.8 Å². The summed E-state index contributed by atoms with van der Waals surface area (Å²) in [7, 11) is 0. The summed E-state index contributed by atoms with van der Waals surface area (Å²) in [6.45, 7) is 10.5. The van der Waals surface area contributed by atoms with Gasteiger partial charge in [0.1, 0.15) is 0 Å². The van der Waals surface area contributed by atoms with E-state index in [0.29, 0.717) is 13.0 Å². The lowest BCUT2D eigenvalue weighted by Gasteiger charge is -2.50. The number of likely N-dealkylation sites (tertiary alicyclic amines) is 1. The Bertz CT molecular complexity index is 277. The third-order valence-electron chi connectivity index (χ3n) is 3.38. The van der Waals surface area contributed by atoms with Crippen LogP contribution in [-0.4, -0.2) is 28.2 Å². The molecule has 0 aliphatic carbocycles. The number of aliphatic hydroxyl groups is 1. The van der Waals surface area contributed by atoms with E-state index in [4.69, 9.17) is 6.42 Å². The van der Waals surface area contributed by atoms with Gasteiger partial charge in [-0.25, -0.2) is 0 Å². The first-order chi connectivity index (χ1) is 6.36. The third kappa shape index (κ3) is 1.53. The molecule has 1 aliphatic rings. The molecule has 0 spiro atoms. The molecule has 14 heavy (non-hydrogen) atoms. The second-order valence-corrected chi connectivity index (χ2v) is 4.82. The summed E-state index contributed by atoms with van der Waals surface area (Å²) in [6.07, 6.45) is 7.71. The maximum Gasteiger partial charge on any atom is 0.0912 e. The van der Waals surface area contributed by atoms with Gasteiger partial charge in [-0.3, -0.25) is 0 Å². The van der Waals surface area contributed by atoms with E-state index in [9.17, 15) is 5.11 Å². The van der Waals surface area contributed by atoms with Crippen molar-refractivity contribution in [2.24, 2.45) is 5.41 Å². The van der Waals surface area contributed by atoms with E-state index in [1.807, 2.05) is 25.7 Å². The van der Waals surface area contributed by atoms with Gasteiger partial charge in [0.15, 0.2) is 0 Å².